The van der Waals surface area contributed by atoms with Crippen molar-refractivity contribution >= 4 is 23.6 Å². The number of fused-ring (bicyclic) bond motifs is 2. The summed E-state index contributed by atoms with van der Waals surface area (Å²) in [6.07, 6.45) is 5.01. The number of hydrogen-bond acceptors (Lipinski definition) is 3. The molecule has 5 heteroatoms. The molecule has 0 saturated carbocycles. The smallest absolute Gasteiger partial charge is 0.239 e. The Bertz CT molecular complexity index is 893. The van der Waals surface area contributed by atoms with E-state index in [1.807, 2.05) is 42.5 Å². The first-order chi connectivity index (χ1) is 13.1. The summed E-state index contributed by atoms with van der Waals surface area (Å²) in [7, 11) is 0. The van der Waals surface area contributed by atoms with E-state index < -0.39 is 11.3 Å². The van der Waals surface area contributed by atoms with Gasteiger partial charge < -0.3 is 10.6 Å². The number of primary amides is 1. The molecule has 2 N–H and O–H groups in total. The third-order valence-corrected chi connectivity index (χ3v) is 5.50. The maximum absolute atomic E-state index is 13.2. The van der Waals surface area contributed by atoms with Gasteiger partial charge in [0.1, 0.15) is 6.54 Å². The average Bonchev–Trinajstić information content (AvgIpc) is 3.20. The van der Waals surface area contributed by atoms with Crippen molar-refractivity contribution in [3.05, 3.63) is 71.8 Å². The van der Waals surface area contributed by atoms with E-state index in [2.05, 4.69) is 29.2 Å². The maximum atomic E-state index is 13.2. The Kier molecular flexibility index (Phi) is 4.54. The summed E-state index contributed by atoms with van der Waals surface area (Å²) < 4.78 is 0. The van der Waals surface area contributed by atoms with E-state index in [1.165, 1.54) is 5.56 Å². The summed E-state index contributed by atoms with van der Waals surface area (Å²) in [5, 5.41) is 0. The molecule has 1 atom stereocenters. The van der Waals surface area contributed by atoms with Gasteiger partial charge in [-0.05, 0) is 30.2 Å². The second-order valence-electron chi connectivity index (χ2n) is 7.26. The lowest BCUT2D eigenvalue weighted by Crippen LogP contribution is -2.45. The van der Waals surface area contributed by atoms with Crippen LogP contribution in [0.1, 0.15) is 17.5 Å². The molecule has 0 bridgehead atoms. The highest BCUT2D eigenvalue weighted by Gasteiger charge is 2.54. The van der Waals surface area contributed by atoms with E-state index in [9.17, 15) is 9.59 Å². The number of nitrogens with two attached hydrogens (primary N) is 1. The van der Waals surface area contributed by atoms with Crippen LogP contribution in [0.3, 0.4) is 0 Å². The predicted molar refractivity (Wildman–Crippen MR) is 106 cm³/mol. The zero-order chi connectivity index (χ0) is 18.9. The number of rotatable bonds is 5. The topological polar surface area (TPSA) is 66.6 Å². The second-order valence-corrected chi connectivity index (χ2v) is 7.26. The lowest BCUT2D eigenvalue weighted by molar-refractivity contribution is -0.125. The normalized spacial score (nSPS) is 22.1. The van der Waals surface area contributed by atoms with E-state index in [0.29, 0.717) is 6.54 Å². The summed E-state index contributed by atoms with van der Waals surface area (Å²) in [6, 6.07) is 18.0. The van der Waals surface area contributed by atoms with Gasteiger partial charge in [0, 0.05) is 18.8 Å². The van der Waals surface area contributed by atoms with Crippen molar-refractivity contribution in [1.29, 1.82) is 0 Å². The molecule has 4 rings (SSSR count). The van der Waals surface area contributed by atoms with Crippen molar-refractivity contribution < 1.29 is 9.59 Å². The van der Waals surface area contributed by atoms with E-state index in [1.54, 1.807) is 4.90 Å². The van der Waals surface area contributed by atoms with Gasteiger partial charge >= 0.3 is 0 Å². The molecular weight excluding hydrogens is 338 g/mol. The first-order valence-electron chi connectivity index (χ1n) is 9.24. The van der Waals surface area contributed by atoms with Crippen molar-refractivity contribution in [3.8, 4) is 0 Å². The highest BCUT2D eigenvalue weighted by Crippen LogP contribution is 2.47. The standard InChI is InChI=1S/C22H23N3O2/c23-20(26)15-25-19-11-5-4-10-18(19)22(21(25)27)12-14-24(16-22)13-6-9-17-7-2-1-3-8-17/h1-11H,12-16H2,(H2,23,26)/b9-6+/t22-/m0/s1. The molecule has 0 aliphatic carbocycles. The molecule has 2 aliphatic rings. The van der Waals surface area contributed by atoms with Crippen LogP contribution in [0.2, 0.25) is 0 Å². The van der Waals surface area contributed by atoms with E-state index in [-0.39, 0.29) is 12.5 Å². The molecule has 2 heterocycles. The van der Waals surface area contributed by atoms with Crippen LogP contribution in [-0.2, 0) is 15.0 Å². The Labute approximate surface area is 159 Å². The second kappa shape index (κ2) is 7.00. The summed E-state index contributed by atoms with van der Waals surface area (Å²) in [6.45, 7) is 2.24. The van der Waals surface area contributed by atoms with E-state index in [4.69, 9.17) is 5.73 Å². The fourth-order valence-electron chi connectivity index (χ4n) is 4.25. The number of carbonyl (C=O) groups is 2. The summed E-state index contributed by atoms with van der Waals surface area (Å²) >= 11 is 0. The van der Waals surface area contributed by atoms with Gasteiger partial charge in [0.15, 0.2) is 0 Å². The zero-order valence-electron chi connectivity index (χ0n) is 15.2. The zero-order valence-corrected chi connectivity index (χ0v) is 15.2. The van der Waals surface area contributed by atoms with Crippen LogP contribution >= 0.6 is 0 Å². The molecule has 1 saturated heterocycles. The molecule has 0 radical (unpaired) electrons. The van der Waals surface area contributed by atoms with Gasteiger partial charge in [-0.3, -0.25) is 14.5 Å². The van der Waals surface area contributed by atoms with Crippen molar-refractivity contribution in [3.63, 3.8) is 0 Å². The predicted octanol–water partition coefficient (Wildman–Crippen LogP) is 2.18. The lowest BCUT2D eigenvalue weighted by Gasteiger charge is -2.24. The first kappa shape index (κ1) is 17.5. The van der Waals surface area contributed by atoms with Crippen molar-refractivity contribution in [1.82, 2.24) is 4.90 Å². The number of hydrogen-bond donors (Lipinski definition) is 1. The Morgan fingerprint density at radius 1 is 1.11 bits per heavy atom. The number of carbonyl (C=O) groups excluding carboxylic acids is 2. The monoisotopic (exact) mass is 361 g/mol. The minimum Gasteiger partial charge on any atom is -0.368 e. The average molecular weight is 361 g/mol. The van der Waals surface area contributed by atoms with Crippen LogP contribution in [-0.4, -0.2) is 42.9 Å². The number of amides is 2. The van der Waals surface area contributed by atoms with Gasteiger partial charge in [-0.15, -0.1) is 0 Å². The third-order valence-electron chi connectivity index (χ3n) is 5.50. The highest BCUT2D eigenvalue weighted by molar-refractivity contribution is 6.11. The SMILES string of the molecule is NC(=O)CN1C(=O)[C@]2(CCN(C/C=C/c3ccccc3)C2)c2ccccc21. The highest BCUT2D eigenvalue weighted by atomic mass is 16.2. The first-order valence-corrected chi connectivity index (χ1v) is 9.24. The van der Waals surface area contributed by atoms with Crippen LogP contribution in [0, 0.1) is 0 Å². The van der Waals surface area contributed by atoms with Gasteiger partial charge in [0.25, 0.3) is 0 Å². The van der Waals surface area contributed by atoms with Gasteiger partial charge in [-0.25, -0.2) is 0 Å². The van der Waals surface area contributed by atoms with Crippen LogP contribution in [0.5, 0.6) is 0 Å². The summed E-state index contributed by atoms with van der Waals surface area (Å²) in [5.74, 6) is -0.493. The fraction of sp³-hybridized carbons (Fsp3) is 0.273. The van der Waals surface area contributed by atoms with Gasteiger partial charge in [0.2, 0.25) is 11.8 Å². The number of likely N-dealkylation sites (tertiary alicyclic amines) is 1. The number of para-hydroxylation sites is 1. The van der Waals surface area contributed by atoms with Gasteiger partial charge in [-0.2, -0.15) is 0 Å². The lowest BCUT2D eigenvalue weighted by atomic mass is 9.81. The fourth-order valence-corrected chi connectivity index (χ4v) is 4.25. The molecule has 138 valence electrons. The molecule has 0 unspecified atom stereocenters. The molecule has 2 amide bonds. The van der Waals surface area contributed by atoms with Crippen LogP contribution in [0.15, 0.2) is 60.7 Å². The Balaban J connectivity index is 1.53. The number of nitrogens with zero attached hydrogens (tertiary/aromatic N) is 2. The molecule has 27 heavy (non-hydrogen) atoms. The summed E-state index contributed by atoms with van der Waals surface area (Å²) in [4.78, 5) is 28.5. The van der Waals surface area contributed by atoms with E-state index >= 15 is 0 Å². The minimum atomic E-state index is -0.563. The van der Waals surface area contributed by atoms with Gasteiger partial charge in [0.05, 0.1) is 5.41 Å². The largest absolute Gasteiger partial charge is 0.368 e. The number of anilines is 1. The molecule has 1 fully saturated rings. The van der Waals surface area contributed by atoms with Crippen molar-refractivity contribution in [2.75, 3.05) is 31.1 Å². The molecule has 2 aromatic rings. The Morgan fingerprint density at radius 3 is 2.63 bits per heavy atom. The molecule has 0 aromatic heterocycles. The molecule has 5 nitrogen and oxygen atoms in total. The Morgan fingerprint density at radius 2 is 1.85 bits per heavy atom. The van der Waals surface area contributed by atoms with Gasteiger partial charge in [-0.1, -0.05) is 60.7 Å². The van der Waals surface area contributed by atoms with Crippen LogP contribution in [0.25, 0.3) is 6.08 Å². The van der Waals surface area contributed by atoms with Crippen LogP contribution < -0.4 is 10.6 Å². The molecule has 2 aliphatic heterocycles. The third kappa shape index (κ3) is 3.15. The van der Waals surface area contributed by atoms with Crippen molar-refractivity contribution in [2.45, 2.75) is 11.8 Å². The maximum Gasteiger partial charge on any atom is 0.239 e. The quantitative estimate of drug-likeness (QED) is 0.888. The van der Waals surface area contributed by atoms with Crippen LogP contribution in [0.4, 0.5) is 5.69 Å². The minimum absolute atomic E-state index is 0.00274. The molecular formula is C22H23N3O2. The molecule has 1 spiro atoms. The van der Waals surface area contributed by atoms with E-state index in [0.717, 1.165) is 30.8 Å². The molecule has 2 aromatic carbocycles. The van der Waals surface area contributed by atoms with Crippen molar-refractivity contribution in [2.24, 2.45) is 5.73 Å². The summed E-state index contributed by atoms with van der Waals surface area (Å²) in [5.41, 5.74) is 7.82. The Hall–Kier alpha value is -2.92. The number of benzene rings is 2.